The minimum absolute atomic E-state index is 0.114. The molecule has 0 heterocycles. The molecule has 7 nitrogen and oxygen atoms in total. The maximum Gasteiger partial charge on any atom is 0.264 e. The molecule has 0 aliphatic heterocycles. The van der Waals surface area contributed by atoms with Crippen molar-refractivity contribution in [2.24, 2.45) is 0 Å². The first-order chi connectivity index (χ1) is 14.4. The summed E-state index contributed by atoms with van der Waals surface area (Å²) in [5.41, 5.74) is 1.27. The van der Waals surface area contributed by atoms with Gasteiger partial charge in [0.25, 0.3) is 10.0 Å². The highest BCUT2D eigenvalue weighted by atomic mass is 32.2. The highest BCUT2D eigenvalue weighted by Gasteiger charge is 2.29. The van der Waals surface area contributed by atoms with Gasteiger partial charge in [-0.05, 0) is 51.5 Å². The summed E-state index contributed by atoms with van der Waals surface area (Å²) in [5, 5.41) is 2.76. The Bertz CT molecular complexity index is 913. The first-order valence-electron chi connectivity index (χ1n) is 10.1. The van der Waals surface area contributed by atoms with Gasteiger partial charge in [-0.15, -0.1) is 0 Å². The lowest BCUT2D eigenvalue weighted by atomic mass is 10.2. The van der Waals surface area contributed by atoms with Crippen molar-refractivity contribution in [1.82, 2.24) is 5.32 Å². The van der Waals surface area contributed by atoms with E-state index in [1.165, 1.54) is 0 Å². The summed E-state index contributed by atoms with van der Waals surface area (Å²) in [6.45, 7) is 7.19. The van der Waals surface area contributed by atoms with Crippen LogP contribution in [0, 0.1) is 6.92 Å². The van der Waals surface area contributed by atoms with Gasteiger partial charge in [0.15, 0.2) is 0 Å². The highest BCUT2D eigenvalue weighted by Crippen LogP contribution is 2.32. The van der Waals surface area contributed by atoms with Crippen molar-refractivity contribution < 1.29 is 22.7 Å². The average Bonchev–Trinajstić information content (AvgIpc) is 2.73. The summed E-state index contributed by atoms with van der Waals surface area (Å²) in [5.74, 6) is 0.00770. The minimum Gasteiger partial charge on any atom is -0.492 e. The number of hydrogen-bond acceptors (Lipinski definition) is 5. The van der Waals surface area contributed by atoms with Crippen molar-refractivity contribution in [3.63, 3.8) is 0 Å². The zero-order valence-electron chi connectivity index (χ0n) is 17.8. The maximum absolute atomic E-state index is 13.4. The van der Waals surface area contributed by atoms with Crippen molar-refractivity contribution in [2.45, 2.75) is 32.1 Å². The molecule has 0 bridgehead atoms. The van der Waals surface area contributed by atoms with Crippen LogP contribution in [0.15, 0.2) is 53.4 Å². The number of carbonyl (C=O) groups excluding carboxylic acids is 1. The Morgan fingerprint density at radius 3 is 2.40 bits per heavy atom. The molecule has 2 aromatic carbocycles. The number of hydrogen-bond donors (Lipinski definition) is 1. The van der Waals surface area contributed by atoms with Gasteiger partial charge >= 0.3 is 0 Å². The number of rotatable bonds is 12. The second kappa shape index (κ2) is 11.6. The Balaban J connectivity index is 2.31. The number of benzene rings is 2. The molecule has 0 atom stereocenters. The Morgan fingerprint density at radius 2 is 1.73 bits per heavy atom. The van der Waals surface area contributed by atoms with Gasteiger partial charge in [-0.2, -0.15) is 0 Å². The molecule has 0 aliphatic rings. The van der Waals surface area contributed by atoms with Crippen molar-refractivity contribution in [3.05, 3.63) is 54.1 Å². The number of aryl methyl sites for hydroxylation is 1. The summed E-state index contributed by atoms with van der Waals surface area (Å²) in [4.78, 5) is 12.7. The number of carbonyl (C=O) groups is 1. The van der Waals surface area contributed by atoms with Gasteiger partial charge < -0.3 is 14.8 Å². The standard InChI is InChI=1S/C22H30N2O5S/c1-4-28-16-8-15-23-22(25)17-24(20-9-6-7-10-21(20)29-5-2)30(26,27)19-13-11-18(3)12-14-19/h6-7,9-14H,4-5,8,15-17H2,1-3H3,(H,23,25). The quantitative estimate of drug-likeness (QED) is 0.519. The van der Waals surface area contributed by atoms with E-state index in [2.05, 4.69) is 5.32 Å². The first kappa shape index (κ1) is 23.7. The summed E-state index contributed by atoms with van der Waals surface area (Å²) >= 11 is 0. The molecule has 164 valence electrons. The third-order valence-corrected chi connectivity index (χ3v) is 6.10. The number of anilines is 1. The van der Waals surface area contributed by atoms with E-state index < -0.39 is 15.9 Å². The van der Waals surface area contributed by atoms with Gasteiger partial charge in [0.05, 0.1) is 17.2 Å². The van der Waals surface area contributed by atoms with Crippen LogP contribution < -0.4 is 14.4 Å². The van der Waals surface area contributed by atoms with Crippen LogP contribution in [0.25, 0.3) is 0 Å². The molecule has 30 heavy (non-hydrogen) atoms. The van der Waals surface area contributed by atoms with Crippen LogP contribution in [0.3, 0.4) is 0 Å². The molecule has 0 radical (unpaired) electrons. The molecule has 0 saturated heterocycles. The fourth-order valence-corrected chi connectivity index (χ4v) is 4.24. The van der Waals surface area contributed by atoms with Crippen molar-refractivity contribution in [2.75, 3.05) is 37.2 Å². The van der Waals surface area contributed by atoms with Crippen LogP contribution in [0.5, 0.6) is 5.75 Å². The van der Waals surface area contributed by atoms with E-state index in [0.29, 0.717) is 44.2 Å². The third kappa shape index (κ3) is 6.47. The van der Waals surface area contributed by atoms with Crippen LogP contribution in [0.1, 0.15) is 25.8 Å². The lowest BCUT2D eigenvalue weighted by Gasteiger charge is -2.26. The number of nitrogens with zero attached hydrogens (tertiary/aromatic N) is 1. The molecule has 1 amide bonds. The molecule has 8 heteroatoms. The van der Waals surface area contributed by atoms with Crippen LogP contribution in [0.2, 0.25) is 0 Å². The Hall–Kier alpha value is -2.58. The van der Waals surface area contributed by atoms with Crippen molar-refractivity contribution in [1.29, 1.82) is 0 Å². The van der Waals surface area contributed by atoms with Crippen LogP contribution in [-0.4, -0.2) is 47.2 Å². The lowest BCUT2D eigenvalue weighted by molar-refractivity contribution is -0.119. The number of ether oxygens (including phenoxy) is 2. The Morgan fingerprint density at radius 1 is 1.03 bits per heavy atom. The van der Waals surface area contributed by atoms with Gasteiger partial charge in [0.1, 0.15) is 12.3 Å². The van der Waals surface area contributed by atoms with Crippen LogP contribution >= 0.6 is 0 Å². The Kier molecular flexibility index (Phi) is 9.14. The summed E-state index contributed by atoms with van der Waals surface area (Å²) in [7, 11) is -3.98. The van der Waals surface area contributed by atoms with Gasteiger partial charge in [0, 0.05) is 19.8 Å². The fraction of sp³-hybridized carbons (Fsp3) is 0.409. The predicted octanol–water partition coefficient (Wildman–Crippen LogP) is 3.13. The summed E-state index contributed by atoms with van der Waals surface area (Å²) in [6.07, 6.45) is 0.653. The van der Waals surface area contributed by atoms with E-state index in [1.807, 2.05) is 20.8 Å². The van der Waals surface area contributed by atoms with E-state index in [1.54, 1.807) is 48.5 Å². The second-order valence-corrected chi connectivity index (χ2v) is 8.49. The molecule has 0 unspecified atom stereocenters. The summed E-state index contributed by atoms with van der Waals surface area (Å²) in [6, 6.07) is 13.4. The molecule has 2 aromatic rings. The smallest absolute Gasteiger partial charge is 0.264 e. The molecular weight excluding hydrogens is 404 g/mol. The zero-order chi connectivity index (χ0) is 22.0. The largest absolute Gasteiger partial charge is 0.492 e. The van der Waals surface area contributed by atoms with E-state index in [-0.39, 0.29) is 11.4 Å². The normalized spacial score (nSPS) is 11.2. The maximum atomic E-state index is 13.4. The number of sulfonamides is 1. The Labute approximate surface area is 179 Å². The van der Waals surface area contributed by atoms with Crippen molar-refractivity contribution >= 4 is 21.6 Å². The SMILES string of the molecule is CCOCCCNC(=O)CN(c1ccccc1OCC)S(=O)(=O)c1ccc(C)cc1. The molecule has 2 rings (SSSR count). The average molecular weight is 435 g/mol. The van der Waals surface area contributed by atoms with E-state index in [0.717, 1.165) is 9.87 Å². The molecule has 0 saturated carbocycles. The topological polar surface area (TPSA) is 84.9 Å². The fourth-order valence-electron chi connectivity index (χ4n) is 2.81. The first-order valence-corrected chi connectivity index (χ1v) is 11.5. The highest BCUT2D eigenvalue weighted by molar-refractivity contribution is 7.92. The predicted molar refractivity (Wildman–Crippen MR) is 117 cm³/mol. The van der Waals surface area contributed by atoms with Gasteiger partial charge in [0.2, 0.25) is 5.91 Å². The van der Waals surface area contributed by atoms with E-state index in [4.69, 9.17) is 9.47 Å². The zero-order valence-corrected chi connectivity index (χ0v) is 18.6. The monoisotopic (exact) mass is 434 g/mol. The number of amides is 1. The van der Waals surface area contributed by atoms with Gasteiger partial charge in [-0.3, -0.25) is 9.10 Å². The second-order valence-electron chi connectivity index (χ2n) is 6.63. The van der Waals surface area contributed by atoms with E-state index >= 15 is 0 Å². The third-order valence-electron chi connectivity index (χ3n) is 4.32. The minimum atomic E-state index is -3.98. The number of para-hydroxylation sites is 2. The molecule has 0 aliphatic carbocycles. The van der Waals surface area contributed by atoms with Gasteiger partial charge in [-0.25, -0.2) is 8.42 Å². The van der Waals surface area contributed by atoms with Gasteiger partial charge in [-0.1, -0.05) is 29.8 Å². The molecular formula is C22H30N2O5S. The molecule has 0 fully saturated rings. The number of nitrogens with one attached hydrogen (secondary N) is 1. The van der Waals surface area contributed by atoms with E-state index in [9.17, 15) is 13.2 Å². The molecule has 1 N–H and O–H groups in total. The van der Waals surface area contributed by atoms with Crippen LogP contribution in [-0.2, 0) is 19.6 Å². The van der Waals surface area contributed by atoms with Crippen LogP contribution in [0.4, 0.5) is 5.69 Å². The molecule has 0 spiro atoms. The summed E-state index contributed by atoms with van der Waals surface area (Å²) < 4.78 is 38.8. The lowest BCUT2D eigenvalue weighted by Crippen LogP contribution is -2.41. The van der Waals surface area contributed by atoms with Crippen molar-refractivity contribution in [3.8, 4) is 5.75 Å². The molecule has 0 aromatic heterocycles.